The maximum Gasteiger partial charge on any atom is 0.259 e. The predicted molar refractivity (Wildman–Crippen MR) is 93.5 cm³/mol. The van der Waals surface area contributed by atoms with Crippen molar-refractivity contribution in [1.82, 2.24) is 14.7 Å². The zero-order chi connectivity index (χ0) is 18.0. The van der Waals surface area contributed by atoms with Crippen LogP contribution in [0.2, 0.25) is 0 Å². The summed E-state index contributed by atoms with van der Waals surface area (Å²) in [7, 11) is 2.15. The maximum atomic E-state index is 13.8. The molecule has 0 aromatic heterocycles. The fraction of sp³-hybridized carbons (Fsp3) is 0.632. The molecule has 2 saturated heterocycles. The van der Waals surface area contributed by atoms with E-state index in [1.165, 1.54) is 6.07 Å². The molecule has 4 nitrogen and oxygen atoms in total. The van der Waals surface area contributed by atoms with Gasteiger partial charge in [-0.05, 0) is 44.9 Å². The lowest BCUT2D eigenvalue weighted by Gasteiger charge is -2.41. The molecule has 0 bridgehead atoms. The van der Waals surface area contributed by atoms with E-state index < -0.39 is 23.1 Å². The molecule has 138 valence electrons. The number of hydrogen-bond donors (Lipinski definition) is 0. The van der Waals surface area contributed by atoms with Crippen molar-refractivity contribution in [2.24, 2.45) is 5.92 Å². The minimum absolute atomic E-state index is 0.423. The normalized spacial score (nSPS) is 23.8. The number of halogens is 2. The molecule has 0 spiro atoms. The number of rotatable bonds is 3. The van der Waals surface area contributed by atoms with E-state index in [0.29, 0.717) is 25.0 Å². The van der Waals surface area contributed by atoms with Crippen LogP contribution in [0.5, 0.6) is 0 Å². The summed E-state index contributed by atoms with van der Waals surface area (Å²) in [4.78, 5) is 18.9. The highest BCUT2D eigenvalue weighted by Gasteiger charge is 2.30. The Hall–Kier alpha value is -1.53. The quantitative estimate of drug-likeness (QED) is 0.837. The summed E-state index contributed by atoms with van der Waals surface area (Å²) in [5, 5.41) is 0. The number of hydrogen-bond acceptors (Lipinski definition) is 3. The Morgan fingerprint density at radius 1 is 1.12 bits per heavy atom. The number of carbonyl (C=O) groups is 1. The monoisotopic (exact) mass is 351 g/mol. The highest BCUT2D eigenvalue weighted by Crippen LogP contribution is 2.23. The molecule has 0 N–H and O–H groups in total. The molecule has 6 heteroatoms. The second kappa shape index (κ2) is 7.79. The van der Waals surface area contributed by atoms with Crippen molar-refractivity contribution in [3.63, 3.8) is 0 Å². The van der Waals surface area contributed by atoms with Gasteiger partial charge in [0, 0.05) is 45.3 Å². The zero-order valence-corrected chi connectivity index (χ0v) is 15.0. The number of carbonyl (C=O) groups excluding carboxylic acids is 1. The number of likely N-dealkylation sites (N-methyl/N-ethyl adjacent to an activating group) is 1. The van der Waals surface area contributed by atoms with Crippen LogP contribution in [-0.4, -0.2) is 73.0 Å². The van der Waals surface area contributed by atoms with Gasteiger partial charge in [-0.15, -0.1) is 0 Å². The van der Waals surface area contributed by atoms with Gasteiger partial charge in [0.2, 0.25) is 0 Å². The van der Waals surface area contributed by atoms with Crippen molar-refractivity contribution in [2.75, 3.05) is 46.3 Å². The van der Waals surface area contributed by atoms with Crippen LogP contribution in [0.4, 0.5) is 8.78 Å². The van der Waals surface area contributed by atoms with E-state index in [2.05, 4.69) is 23.8 Å². The van der Waals surface area contributed by atoms with E-state index in [0.717, 1.165) is 51.2 Å². The Balaban J connectivity index is 1.54. The second-order valence-electron chi connectivity index (χ2n) is 7.44. The van der Waals surface area contributed by atoms with Gasteiger partial charge < -0.3 is 9.80 Å². The van der Waals surface area contributed by atoms with Crippen molar-refractivity contribution >= 4 is 5.91 Å². The minimum atomic E-state index is -0.779. The summed E-state index contributed by atoms with van der Waals surface area (Å²) < 4.78 is 27.6. The third-order valence-electron chi connectivity index (χ3n) is 5.54. The SMILES string of the molecule is C[C@H]1CN(C)CCN1CC1CCN(C(=O)c2c(F)cccc2F)CC1. The molecular weight excluding hydrogens is 324 g/mol. The van der Waals surface area contributed by atoms with E-state index in [9.17, 15) is 13.6 Å². The standard InChI is InChI=1S/C19H27F2N3O/c1-14-12-22(2)10-11-24(14)13-15-6-8-23(9-7-15)19(25)18-16(20)4-3-5-17(18)21/h3-5,14-15H,6-13H2,1-2H3/t14-/m0/s1. The van der Waals surface area contributed by atoms with E-state index in [-0.39, 0.29) is 0 Å². The van der Waals surface area contributed by atoms with Gasteiger partial charge >= 0.3 is 0 Å². The Bertz CT molecular complexity index is 596. The van der Waals surface area contributed by atoms with Gasteiger partial charge in [0.25, 0.3) is 5.91 Å². The Morgan fingerprint density at radius 3 is 2.36 bits per heavy atom. The number of piperazine rings is 1. The average molecular weight is 351 g/mol. The first-order chi connectivity index (χ1) is 12.0. The number of nitrogens with zero attached hydrogens (tertiary/aromatic N) is 3. The van der Waals surface area contributed by atoms with E-state index in [1.807, 2.05) is 0 Å². The molecule has 2 fully saturated rings. The van der Waals surface area contributed by atoms with Crippen LogP contribution in [0.25, 0.3) is 0 Å². The molecule has 2 heterocycles. The van der Waals surface area contributed by atoms with Crippen LogP contribution in [0.1, 0.15) is 30.1 Å². The molecule has 0 unspecified atom stereocenters. The van der Waals surface area contributed by atoms with Crippen molar-refractivity contribution < 1.29 is 13.6 Å². The second-order valence-corrected chi connectivity index (χ2v) is 7.44. The largest absolute Gasteiger partial charge is 0.338 e. The first-order valence-corrected chi connectivity index (χ1v) is 9.11. The smallest absolute Gasteiger partial charge is 0.259 e. The van der Waals surface area contributed by atoms with Gasteiger partial charge in [-0.2, -0.15) is 0 Å². The highest BCUT2D eigenvalue weighted by molar-refractivity contribution is 5.94. The molecule has 3 rings (SSSR count). The van der Waals surface area contributed by atoms with E-state index in [1.54, 1.807) is 4.90 Å². The average Bonchev–Trinajstić information content (AvgIpc) is 2.58. The summed E-state index contributed by atoms with van der Waals surface area (Å²) in [6.45, 7) is 7.70. The van der Waals surface area contributed by atoms with Gasteiger partial charge in [-0.3, -0.25) is 9.69 Å². The van der Waals surface area contributed by atoms with Crippen LogP contribution in [-0.2, 0) is 0 Å². The molecule has 2 aliphatic heterocycles. The van der Waals surface area contributed by atoms with Crippen LogP contribution >= 0.6 is 0 Å². The topological polar surface area (TPSA) is 26.8 Å². The van der Waals surface area contributed by atoms with Crippen LogP contribution in [0.15, 0.2) is 18.2 Å². The van der Waals surface area contributed by atoms with E-state index >= 15 is 0 Å². The molecule has 1 atom stereocenters. The van der Waals surface area contributed by atoms with Crippen LogP contribution in [0.3, 0.4) is 0 Å². The number of benzene rings is 1. The molecule has 2 aliphatic rings. The van der Waals surface area contributed by atoms with Crippen LogP contribution in [0, 0.1) is 17.6 Å². The first-order valence-electron chi connectivity index (χ1n) is 9.11. The fourth-order valence-corrected chi connectivity index (χ4v) is 3.96. The molecule has 0 saturated carbocycles. The molecule has 1 aromatic rings. The number of likely N-dealkylation sites (tertiary alicyclic amines) is 1. The van der Waals surface area contributed by atoms with Gasteiger partial charge in [-0.25, -0.2) is 8.78 Å². The lowest BCUT2D eigenvalue weighted by Crippen LogP contribution is -2.52. The van der Waals surface area contributed by atoms with Gasteiger partial charge in [0.05, 0.1) is 0 Å². The van der Waals surface area contributed by atoms with Gasteiger partial charge in [0.1, 0.15) is 17.2 Å². The Kier molecular flexibility index (Phi) is 5.69. The molecular formula is C19H27F2N3O. The third-order valence-corrected chi connectivity index (χ3v) is 5.54. The minimum Gasteiger partial charge on any atom is -0.338 e. The third kappa shape index (κ3) is 4.18. The molecule has 1 aromatic carbocycles. The molecule has 0 radical (unpaired) electrons. The zero-order valence-electron chi connectivity index (χ0n) is 15.0. The summed E-state index contributed by atoms with van der Waals surface area (Å²) in [6.07, 6.45) is 1.78. The molecule has 25 heavy (non-hydrogen) atoms. The highest BCUT2D eigenvalue weighted by atomic mass is 19.1. The lowest BCUT2D eigenvalue weighted by atomic mass is 9.94. The first kappa shape index (κ1) is 18.3. The van der Waals surface area contributed by atoms with Crippen LogP contribution < -0.4 is 0 Å². The van der Waals surface area contributed by atoms with Gasteiger partial charge in [-0.1, -0.05) is 6.07 Å². The number of amides is 1. The Morgan fingerprint density at radius 2 is 1.76 bits per heavy atom. The Labute approximate surface area is 148 Å². The van der Waals surface area contributed by atoms with E-state index in [4.69, 9.17) is 0 Å². The van der Waals surface area contributed by atoms with Crippen molar-refractivity contribution in [3.8, 4) is 0 Å². The lowest BCUT2D eigenvalue weighted by molar-refractivity contribution is 0.0550. The summed E-state index contributed by atoms with van der Waals surface area (Å²) >= 11 is 0. The molecule has 0 aliphatic carbocycles. The molecule has 1 amide bonds. The van der Waals surface area contributed by atoms with Crippen molar-refractivity contribution in [1.29, 1.82) is 0 Å². The summed E-state index contributed by atoms with van der Waals surface area (Å²) in [5.74, 6) is -1.54. The predicted octanol–water partition coefficient (Wildman–Crippen LogP) is 2.45. The summed E-state index contributed by atoms with van der Waals surface area (Å²) in [5.41, 5.74) is -0.423. The maximum absolute atomic E-state index is 13.8. The van der Waals surface area contributed by atoms with Crippen molar-refractivity contribution in [3.05, 3.63) is 35.4 Å². The van der Waals surface area contributed by atoms with Gasteiger partial charge in [0.15, 0.2) is 0 Å². The summed E-state index contributed by atoms with van der Waals surface area (Å²) in [6, 6.07) is 4.10. The fourth-order valence-electron chi connectivity index (χ4n) is 3.96. The van der Waals surface area contributed by atoms with Crippen molar-refractivity contribution in [2.45, 2.75) is 25.8 Å². The number of piperidine rings is 1.